The Morgan fingerprint density at radius 2 is 1.95 bits per heavy atom. The van der Waals surface area contributed by atoms with Crippen LogP contribution in [0.1, 0.15) is 32.1 Å². The predicted octanol–water partition coefficient (Wildman–Crippen LogP) is 2.45. The van der Waals surface area contributed by atoms with Gasteiger partial charge in [0, 0.05) is 18.3 Å². The molecule has 112 valence electrons. The van der Waals surface area contributed by atoms with Gasteiger partial charge in [0.1, 0.15) is 6.54 Å². The molecule has 1 heterocycles. The van der Waals surface area contributed by atoms with Crippen LogP contribution in [0.5, 0.6) is 0 Å². The molecule has 0 radical (unpaired) electrons. The van der Waals surface area contributed by atoms with E-state index in [-0.39, 0.29) is 5.91 Å². The number of hydrogen-bond donors (Lipinski definition) is 2. The molecule has 0 bridgehead atoms. The smallest absolute Gasteiger partial charge is 0.240 e. The molecule has 21 heavy (non-hydrogen) atoms. The number of para-hydroxylation sites is 1. The van der Waals surface area contributed by atoms with Crippen LogP contribution in [0.3, 0.4) is 0 Å². The molecule has 1 aromatic carbocycles. The van der Waals surface area contributed by atoms with Gasteiger partial charge in [-0.3, -0.25) is 4.79 Å². The van der Waals surface area contributed by atoms with E-state index in [1.165, 1.54) is 6.42 Å². The van der Waals surface area contributed by atoms with E-state index in [2.05, 4.69) is 5.32 Å². The van der Waals surface area contributed by atoms with Crippen LogP contribution in [0.25, 0.3) is 10.9 Å². The average Bonchev–Trinajstić information content (AvgIpc) is 2.90. The molecular weight excluding hydrogens is 264 g/mol. The van der Waals surface area contributed by atoms with Crippen molar-refractivity contribution >= 4 is 16.8 Å². The lowest BCUT2D eigenvalue weighted by molar-refractivity contribution is -0.123. The van der Waals surface area contributed by atoms with Gasteiger partial charge in [0.15, 0.2) is 0 Å². The van der Waals surface area contributed by atoms with Gasteiger partial charge in [0.2, 0.25) is 5.91 Å². The fourth-order valence-electron chi connectivity index (χ4n) is 3.14. The maximum absolute atomic E-state index is 12.1. The minimum Gasteiger partial charge on any atom is -0.388 e. The van der Waals surface area contributed by atoms with E-state index in [9.17, 15) is 9.90 Å². The summed E-state index contributed by atoms with van der Waals surface area (Å²) in [5.41, 5.74) is 0.358. The molecule has 1 aliphatic carbocycles. The number of benzene rings is 1. The van der Waals surface area contributed by atoms with Crippen molar-refractivity contribution in [3.8, 4) is 0 Å². The normalized spacial score (nSPS) is 17.8. The maximum atomic E-state index is 12.1. The number of nitrogens with zero attached hydrogens (tertiary/aromatic N) is 1. The second-order valence-corrected chi connectivity index (χ2v) is 6.06. The highest BCUT2D eigenvalue weighted by atomic mass is 16.3. The number of nitrogens with one attached hydrogen (secondary N) is 1. The Labute approximate surface area is 124 Å². The standard InChI is InChI=1S/C17H22N2O2/c20-16(18-13-17(21)9-4-1-5-10-17)12-19-11-8-14-6-2-3-7-15(14)19/h2-3,6-8,11,21H,1,4-5,9-10,12-13H2,(H,18,20). The molecule has 1 aromatic heterocycles. The van der Waals surface area contributed by atoms with Crippen LogP contribution < -0.4 is 5.32 Å². The third-order valence-electron chi connectivity index (χ3n) is 4.39. The van der Waals surface area contributed by atoms with Gasteiger partial charge < -0.3 is 15.0 Å². The van der Waals surface area contributed by atoms with Gasteiger partial charge in [-0.1, -0.05) is 37.5 Å². The van der Waals surface area contributed by atoms with Crippen LogP contribution in [0, 0.1) is 0 Å². The molecule has 0 spiro atoms. The molecule has 0 aliphatic heterocycles. The Bertz CT molecular complexity index is 627. The molecule has 0 atom stereocenters. The van der Waals surface area contributed by atoms with Crippen LogP contribution in [-0.4, -0.2) is 27.7 Å². The van der Waals surface area contributed by atoms with E-state index in [1.54, 1.807) is 0 Å². The molecule has 1 saturated carbocycles. The van der Waals surface area contributed by atoms with Crippen LogP contribution in [-0.2, 0) is 11.3 Å². The van der Waals surface area contributed by atoms with E-state index in [1.807, 2.05) is 41.1 Å². The number of rotatable bonds is 4. The topological polar surface area (TPSA) is 54.3 Å². The van der Waals surface area contributed by atoms with Gasteiger partial charge in [0.05, 0.1) is 5.60 Å². The Hall–Kier alpha value is -1.81. The fourth-order valence-corrected chi connectivity index (χ4v) is 3.14. The number of carbonyl (C=O) groups excluding carboxylic acids is 1. The van der Waals surface area contributed by atoms with Crippen LogP contribution in [0.15, 0.2) is 36.5 Å². The summed E-state index contributed by atoms with van der Waals surface area (Å²) in [5.74, 6) is -0.0460. The van der Waals surface area contributed by atoms with Crippen molar-refractivity contribution in [2.24, 2.45) is 0 Å². The maximum Gasteiger partial charge on any atom is 0.240 e. The summed E-state index contributed by atoms with van der Waals surface area (Å²) >= 11 is 0. The summed E-state index contributed by atoms with van der Waals surface area (Å²) in [5, 5.41) is 14.4. The molecule has 2 N–H and O–H groups in total. The van der Waals surface area contributed by atoms with Crippen molar-refractivity contribution < 1.29 is 9.90 Å². The van der Waals surface area contributed by atoms with Crippen LogP contribution in [0.2, 0.25) is 0 Å². The van der Waals surface area contributed by atoms with Crippen molar-refractivity contribution in [3.63, 3.8) is 0 Å². The molecule has 2 aromatic rings. The van der Waals surface area contributed by atoms with Crippen molar-refractivity contribution in [1.29, 1.82) is 0 Å². The number of fused-ring (bicyclic) bond motifs is 1. The number of aliphatic hydroxyl groups is 1. The summed E-state index contributed by atoms with van der Waals surface area (Å²) < 4.78 is 1.94. The zero-order chi connectivity index (χ0) is 14.7. The van der Waals surface area contributed by atoms with Gasteiger partial charge in [-0.2, -0.15) is 0 Å². The number of hydrogen-bond acceptors (Lipinski definition) is 2. The lowest BCUT2D eigenvalue weighted by atomic mass is 9.85. The Kier molecular flexibility index (Phi) is 3.97. The Morgan fingerprint density at radius 3 is 2.76 bits per heavy atom. The van der Waals surface area contributed by atoms with Crippen molar-refractivity contribution in [2.45, 2.75) is 44.2 Å². The Morgan fingerprint density at radius 1 is 1.19 bits per heavy atom. The molecule has 1 fully saturated rings. The summed E-state index contributed by atoms with van der Waals surface area (Å²) in [6.45, 7) is 0.661. The second kappa shape index (κ2) is 5.90. The molecule has 1 aliphatic rings. The second-order valence-electron chi connectivity index (χ2n) is 6.06. The predicted molar refractivity (Wildman–Crippen MR) is 83.0 cm³/mol. The molecular formula is C17H22N2O2. The quantitative estimate of drug-likeness (QED) is 0.907. The Balaban J connectivity index is 1.59. The number of amides is 1. The zero-order valence-corrected chi connectivity index (χ0v) is 12.2. The zero-order valence-electron chi connectivity index (χ0n) is 12.2. The van der Waals surface area contributed by atoms with E-state index in [0.29, 0.717) is 13.1 Å². The average molecular weight is 286 g/mol. The summed E-state index contributed by atoms with van der Waals surface area (Å²) in [4.78, 5) is 12.1. The first-order valence-corrected chi connectivity index (χ1v) is 7.69. The van der Waals surface area contributed by atoms with Crippen molar-refractivity contribution in [2.75, 3.05) is 6.54 Å². The van der Waals surface area contributed by atoms with E-state index in [4.69, 9.17) is 0 Å². The third-order valence-corrected chi connectivity index (χ3v) is 4.39. The first kappa shape index (κ1) is 14.1. The molecule has 4 nitrogen and oxygen atoms in total. The van der Waals surface area contributed by atoms with Gasteiger partial charge in [-0.15, -0.1) is 0 Å². The summed E-state index contributed by atoms with van der Waals surface area (Å²) in [6.07, 6.45) is 6.80. The lowest BCUT2D eigenvalue weighted by Gasteiger charge is -2.32. The lowest BCUT2D eigenvalue weighted by Crippen LogP contribution is -2.45. The summed E-state index contributed by atoms with van der Waals surface area (Å²) in [6, 6.07) is 10.0. The first-order valence-electron chi connectivity index (χ1n) is 7.69. The SMILES string of the molecule is O=C(Cn1ccc2ccccc21)NCC1(O)CCCCC1. The number of carbonyl (C=O) groups is 1. The van der Waals surface area contributed by atoms with E-state index < -0.39 is 5.60 Å². The molecule has 0 saturated heterocycles. The van der Waals surface area contributed by atoms with Crippen LogP contribution in [0.4, 0.5) is 0 Å². The molecule has 1 amide bonds. The highest BCUT2D eigenvalue weighted by Gasteiger charge is 2.29. The highest BCUT2D eigenvalue weighted by Crippen LogP contribution is 2.27. The van der Waals surface area contributed by atoms with Crippen molar-refractivity contribution in [1.82, 2.24) is 9.88 Å². The molecule has 4 heteroatoms. The molecule has 0 unspecified atom stereocenters. The van der Waals surface area contributed by atoms with E-state index >= 15 is 0 Å². The molecule has 3 rings (SSSR count). The minimum atomic E-state index is -0.702. The largest absolute Gasteiger partial charge is 0.388 e. The monoisotopic (exact) mass is 286 g/mol. The van der Waals surface area contributed by atoms with Gasteiger partial charge >= 0.3 is 0 Å². The van der Waals surface area contributed by atoms with Gasteiger partial charge in [-0.25, -0.2) is 0 Å². The minimum absolute atomic E-state index is 0.0460. The third kappa shape index (κ3) is 3.27. The van der Waals surface area contributed by atoms with Gasteiger partial charge in [-0.05, 0) is 30.4 Å². The van der Waals surface area contributed by atoms with Crippen LogP contribution >= 0.6 is 0 Å². The number of aromatic nitrogens is 1. The fraction of sp³-hybridized carbons (Fsp3) is 0.471. The van der Waals surface area contributed by atoms with Crippen molar-refractivity contribution in [3.05, 3.63) is 36.5 Å². The first-order chi connectivity index (χ1) is 10.2. The van der Waals surface area contributed by atoms with E-state index in [0.717, 1.165) is 36.6 Å². The summed E-state index contributed by atoms with van der Waals surface area (Å²) in [7, 11) is 0. The highest BCUT2D eigenvalue weighted by molar-refractivity contribution is 5.83. The van der Waals surface area contributed by atoms with Gasteiger partial charge in [0.25, 0.3) is 0 Å².